The highest BCUT2D eigenvalue weighted by atomic mass is 35.5. The molecule has 1 amide bonds. The van der Waals surface area contributed by atoms with Gasteiger partial charge >= 0.3 is 6.09 Å². The number of nitrogens with zero attached hydrogens (tertiary/aromatic N) is 1. The zero-order valence-corrected chi connectivity index (χ0v) is 21.2. The first-order chi connectivity index (χ1) is 16.1. The lowest BCUT2D eigenvalue weighted by atomic mass is 9.84. The Morgan fingerprint density at radius 2 is 2.00 bits per heavy atom. The van der Waals surface area contributed by atoms with E-state index < -0.39 is 29.8 Å². The van der Waals surface area contributed by atoms with Gasteiger partial charge in [0.2, 0.25) is 0 Å². The molecule has 1 spiro atoms. The first-order valence-corrected chi connectivity index (χ1v) is 11.8. The number of ether oxygens (including phenoxy) is 4. The summed E-state index contributed by atoms with van der Waals surface area (Å²) in [5, 5.41) is 14.5. The van der Waals surface area contributed by atoms with E-state index in [2.05, 4.69) is 5.32 Å². The van der Waals surface area contributed by atoms with Gasteiger partial charge in [-0.05, 0) is 38.0 Å². The minimum atomic E-state index is -1.64. The molecule has 2 N–H and O–H groups in total. The fourth-order valence-corrected chi connectivity index (χ4v) is 5.63. The van der Waals surface area contributed by atoms with Crippen LogP contribution >= 0.6 is 11.6 Å². The van der Waals surface area contributed by atoms with Gasteiger partial charge in [-0.25, -0.2) is 4.79 Å². The van der Waals surface area contributed by atoms with Crippen molar-refractivity contribution in [3.05, 3.63) is 46.5 Å². The number of likely N-dealkylation sites (N-methyl/N-ethyl adjacent to an activating group) is 1. The molecule has 1 aromatic carbocycles. The van der Waals surface area contributed by atoms with Crippen molar-refractivity contribution in [1.29, 1.82) is 0 Å². The molecule has 0 aromatic heterocycles. The van der Waals surface area contributed by atoms with E-state index in [0.29, 0.717) is 17.2 Å². The van der Waals surface area contributed by atoms with Gasteiger partial charge in [0.05, 0.1) is 12.8 Å². The average molecular weight is 493 g/mol. The number of amides is 1. The van der Waals surface area contributed by atoms with Crippen LogP contribution in [0.2, 0.25) is 5.02 Å². The van der Waals surface area contributed by atoms with Crippen molar-refractivity contribution in [2.75, 3.05) is 26.2 Å². The number of carbonyl (C=O) groups is 1. The van der Waals surface area contributed by atoms with E-state index in [9.17, 15) is 9.90 Å². The number of hydrogen-bond acceptors (Lipinski definition) is 7. The third-order valence-corrected chi connectivity index (χ3v) is 7.63. The summed E-state index contributed by atoms with van der Waals surface area (Å²) in [5.41, 5.74) is 0.442. The Morgan fingerprint density at radius 3 is 2.62 bits per heavy atom. The van der Waals surface area contributed by atoms with Gasteiger partial charge in [0.15, 0.2) is 11.4 Å². The molecular weight excluding hydrogens is 460 g/mol. The predicted molar refractivity (Wildman–Crippen MR) is 129 cm³/mol. The third kappa shape index (κ3) is 4.17. The van der Waals surface area contributed by atoms with Crippen molar-refractivity contribution in [2.24, 2.45) is 5.92 Å². The Kier molecular flexibility index (Phi) is 6.63. The smallest absolute Gasteiger partial charge is 0.409 e. The molecular formula is C25H33ClN2O6. The number of rotatable bonds is 2. The predicted octanol–water partition coefficient (Wildman–Crippen LogP) is 3.80. The van der Waals surface area contributed by atoms with Crippen LogP contribution in [0.3, 0.4) is 0 Å². The van der Waals surface area contributed by atoms with Crippen LogP contribution in [0.15, 0.2) is 35.9 Å². The van der Waals surface area contributed by atoms with Crippen molar-refractivity contribution in [3.63, 3.8) is 0 Å². The molecule has 4 rings (SSSR count). The maximum absolute atomic E-state index is 12.5. The fourth-order valence-electron chi connectivity index (χ4n) is 5.32. The van der Waals surface area contributed by atoms with E-state index in [1.807, 2.05) is 57.0 Å². The van der Waals surface area contributed by atoms with E-state index in [1.165, 1.54) is 7.11 Å². The Hall–Kier alpha value is -2.26. The first kappa shape index (κ1) is 24.9. The van der Waals surface area contributed by atoms with Gasteiger partial charge in [-0.2, -0.15) is 0 Å². The van der Waals surface area contributed by atoms with Gasteiger partial charge in [-0.15, -0.1) is 0 Å². The second-order valence-electron chi connectivity index (χ2n) is 9.42. The molecule has 3 heterocycles. The number of hydrogen-bond donors (Lipinski definition) is 2. The van der Waals surface area contributed by atoms with E-state index in [-0.39, 0.29) is 18.4 Å². The number of nitrogens with one attached hydrogen (secondary N) is 1. The zero-order valence-electron chi connectivity index (χ0n) is 20.4. The van der Waals surface area contributed by atoms with Crippen molar-refractivity contribution in [3.8, 4) is 5.75 Å². The van der Waals surface area contributed by atoms with Crippen LogP contribution in [0.5, 0.6) is 5.75 Å². The SMILES string of the molecule is COc1cc2cc(c1Cl)N(C)[C@@]1(OC1C)[C@H](C)C1C[C@@](O)(NC(=O)O1)[C@H](OC)/C=C/C=C(\C)C2. The number of epoxide rings is 1. The molecule has 0 saturated carbocycles. The minimum absolute atomic E-state index is 0.119. The molecule has 2 saturated heterocycles. The maximum Gasteiger partial charge on any atom is 0.409 e. The van der Waals surface area contributed by atoms with Gasteiger partial charge in [-0.1, -0.05) is 42.3 Å². The number of halogens is 1. The molecule has 8 nitrogen and oxygen atoms in total. The lowest BCUT2D eigenvalue weighted by Gasteiger charge is -2.44. The molecule has 0 radical (unpaired) electrons. The Labute approximate surface area is 205 Å². The van der Waals surface area contributed by atoms with Crippen LogP contribution in [0.25, 0.3) is 0 Å². The minimum Gasteiger partial charge on any atom is -0.495 e. The second kappa shape index (κ2) is 9.07. The molecule has 2 fully saturated rings. The summed E-state index contributed by atoms with van der Waals surface area (Å²) in [4.78, 5) is 14.5. The van der Waals surface area contributed by atoms with Crippen molar-refractivity contribution in [2.45, 2.75) is 63.4 Å². The number of methoxy groups -OCH3 is 2. The lowest BCUT2D eigenvalue weighted by molar-refractivity contribution is -0.145. The van der Waals surface area contributed by atoms with Crippen LogP contribution in [0.1, 0.15) is 32.8 Å². The van der Waals surface area contributed by atoms with E-state index in [1.54, 1.807) is 13.2 Å². The Balaban J connectivity index is 1.87. The van der Waals surface area contributed by atoms with Gasteiger partial charge < -0.3 is 29.0 Å². The number of anilines is 1. The number of carbonyl (C=O) groups excluding carboxylic acids is 1. The number of benzene rings is 1. The molecule has 4 bridgehead atoms. The quantitative estimate of drug-likeness (QED) is 0.606. The standard InChI is InChI=1S/C25H33ClN2O6/c1-14-8-7-9-21(32-6)24(30)13-20(33-23(29)27-24)15(2)25(16(3)34-25)28(4)18-11-17(10-14)12-19(31-5)22(18)26/h7-9,11-12,15-16,20-21,30H,10,13H2,1-6H3,(H,27,29)/b9-7+,14-8+/t15-,16?,20?,21-,24+,25-/m1/s1. The number of alkyl carbamates (subject to hydrolysis) is 1. The van der Waals surface area contributed by atoms with Crippen molar-refractivity contribution < 1.29 is 28.8 Å². The molecule has 0 aliphatic carbocycles. The molecule has 6 atom stereocenters. The normalized spacial score (nSPS) is 38.1. The lowest BCUT2D eigenvalue weighted by Crippen LogP contribution is -2.64. The van der Waals surface area contributed by atoms with Crippen molar-refractivity contribution in [1.82, 2.24) is 5.32 Å². The summed E-state index contributed by atoms with van der Waals surface area (Å²) < 4.78 is 23.0. The fraction of sp³-hybridized carbons (Fsp3) is 0.560. The van der Waals surface area contributed by atoms with Crippen LogP contribution < -0.4 is 15.0 Å². The Bertz CT molecular complexity index is 1030. The van der Waals surface area contributed by atoms with Crippen molar-refractivity contribution >= 4 is 23.4 Å². The summed E-state index contributed by atoms with van der Waals surface area (Å²) in [6.45, 7) is 5.95. The van der Waals surface area contributed by atoms with Crippen LogP contribution in [0.4, 0.5) is 10.5 Å². The monoisotopic (exact) mass is 492 g/mol. The maximum atomic E-state index is 12.5. The largest absolute Gasteiger partial charge is 0.495 e. The van der Waals surface area contributed by atoms with E-state index >= 15 is 0 Å². The molecule has 3 aliphatic rings. The molecule has 9 heteroatoms. The molecule has 34 heavy (non-hydrogen) atoms. The number of fused-ring (bicyclic) bond motifs is 4. The third-order valence-electron chi connectivity index (χ3n) is 7.25. The highest BCUT2D eigenvalue weighted by Crippen LogP contribution is 2.52. The van der Waals surface area contributed by atoms with E-state index in [0.717, 1.165) is 16.8 Å². The van der Waals surface area contributed by atoms with Gasteiger partial charge in [0, 0.05) is 26.5 Å². The average Bonchev–Trinajstić information content (AvgIpc) is 3.47. The molecule has 2 unspecified atom stereocenters. The van der Waals surface area contributed by atoms with Crippen LogP contribution in [-0.2, 0) is 20.6 Å². The highest BCUT2D eigenvalue weighted by molar-refractivity contribution is 6.34. The summed E-state index contributed by atoms with van der Waals surface area (Å²) in [6, 6.07) is 3.97. The molecule has 3 aliphatic heterocycles. The Morgan fingerprint density at radius 1 is 1.29 bits per heavy atom. The molecule has 1 aromatic rings. The summed E-state index contributed by atoms with van der Waals surface area (Å²) in [5.74, 6) is 0.272. The topological polar surface area (TPSA) is 92.8 Å². The van der Waals surface area contributed by atoms with Crippen LogP contribution in [-0.4, -0.2) is 62.2 Å². The van der Waals surface area contributed by atoms with Gasteiger partial charge in [0.25, 0.3) is 0 Å². The zero-order chi connectivity index (χ0) is 24.8. The summed E-state index contributed by atoms with van der Waals surface area (Å²) >= 11 is 6.76. The van der Waals surface area contributed by atoms with E-state index in [4.69, 9.17) is 30.5 Å². The molecule has 186 valence electrons. The first-order valence-electron chi connectivity index (χ1n) is 11.4. The van der Waals surface area contributed by atoms with Gasteiger partial charge in [-0.3, -0.25) is 5.32 Å². The summed E-state index contributed by atoms with van der Waals surface area (Å²) in [6.07, 6.45) is 4.04. The highest BCUT2D eigenvalue weighted by Gasteiger charge is 2.64. The van der Waals surface area contributed by atoms with Gasteiger partial charge in [0.1, 0.15) is 29.1 Å². The summed E-state index contributed by atoms with van der Waals surface area (Å²) in [7, 11) is 5.01. The second-order valence-corrected chi connectivity index (χ2v) is 9.80. The van der Waals surface area contributed by atoms with Crippen LogP contribution in [0, 0.1) is 5.92 Å². The number of allylic oxidation sites excluding steroid dienone is 3. The number of aliphatic hydroxyl groups is 1.